The highest BCUT2D eigenvalue weighted by atomic mass is 32.1. The molecule has 1 N–H and O–H groups in total. The van der Waals surface area contributed by atoms with Crippen LogP contribution in [0.5, 0.6) is 0 Å². The van der Waals surface area contributed by atoms with Crippen LogP contribution in [0.2, 0.25) is 0 Å². The summed E-state index contributed by atoms with van der Waals surface area (Å²) in [6, 6.07) is 8.23. The lowest BCUT2D eigenvalue weighted by atomic mass is 10.2. The number of aromatic nitrogens is 2. The molecule has 0 radical (unpaired) electrons. The number of rotatable bonds is 6. The Bertz CT molecular complexity index is 1040. The van der Waals surface area contributed by atoms with Crippen LogP contribution in [0.15, 0.2) is 35.4 Å². The molecule has 0 aliphatic carbocycles. The first-order valence-corrected chi connectivity index (χ1v) is 9.79. The van der Waals surface area contributed by atoms with E-state index in [-0.39, 0.29) is 11.5 Å². The van der Waals surface area contributed by atoms with Gasteiger partial charge in [0.15, 0.2) is 0 Å². The van der Waals surface area contributed by atoms with Gasteiger partial charge in [-0.25, -0.2) is 4.98 Å². The van der Waals surface area contributed by atoms with Gasteiger partial charge in [0.05, 0.1) is 16.6 Å². The molecule has 3 aromatic rings. The Morgan fingerprint density at radius 1 is 1.30 bits per heavy atom. The summed E-state index contributed by atoms with van der Waals surface area (Å²) in [5.74, 6) is -0.154. The third-order valence-electron chi connectivity index (χ3n) is 4.72. The van der Waals surface area contributed by atoms with Gasteiger partial charge in [-0.3, -0.25) is 9.59 Å². The summed E-state index contributed by atoms with van der Waals surface area (Å²) >= 11 is 1.27. The van der Waals surface area contributed by atoms with Crippen molar-refractivity contribution < 1.29 is 4.79 Å². The van der Waals surface area contributed by atoms with Crippen LogP contribution in [-0.2, 0) is 7.05 Å². The van der Waals surface area contributed by atoms with Crippen molar-refractivity contribution in [2.45, 2.75) is 20.8 Å². The van der Waals surface area contributed by atoms with E-state index in [2.05, 4.69) is 41.2 Å². The highest BCUT2D eigenvalue weighted by Crippen LogP contribution is 2.26. The molecule has 7 heteroatoms. The van der Waals surface area contributed by atoms with Crippen molar-refractivity contribution in [2.75, 3.05) is 24.5 Å². The molecule has 0 bridgehead atoms. The molecule has 0 atom stereocenters. The van der Waals surface area contributed by atoms with Crippen LogP contribution >= 0.6 is 11.3 Å². The molecule has 1 amide bonds. The van der Waals surface area contributed by atoms with Crippen LogP contribution in [-0.4, -0.2) is 35.1 Å². The van der Waals surface area contributed by atoms with Crippen molar-refractivity contribution in [2.24, 2.45) is 7.05 Å². The predicted molar refractivity (Wildman–Crippen MR) is 111 cm³/mol. The number of para-hydroxylation sites is 1. The lowest BCUT2D eigenvalue weighted by molar-refractivity contribution is 0.0958. The van der Waals surface area contributed by atoms with Gasteiger partial charge in [0.25, 0.3) is 11.5 Å². The number of aryl methyl sites for hydroxylation is 3. The molecule has 0 spiro atoms. The van der Waals surface area contributed by atoms with E-state index >= 15 is 0 Å². The monoisotopic (exact) mass is 384 g/mol. The maximum atomic E-state index is 12.6. The molecule has 0 fully saturated rings. The zero-order valence-electron chi connectivity index (χ0n) is 16.1. The molecular weight excluding hydrogens is 360 g/mol. The second kappa shape index (κ2) is 7.92. The van der Waals surface area contributed by atoms with Crippen molar-refractivity contribution in [1.29, 1.82) is 0 Å². The maximum absolute atomic E-state index is 12.6. The Kier molecular flexibility index (Phi) is 5.60. The van der Waals surface area contributed by atoms with E-state index in [0.29, 0.717) is 27.2 Å². The second-order valence-electron chi connectivity index (χ2n) is 6.52. The van der Waals surface area contributed by atoms with Gasteiger partial charge >= 0.3 is 0 Å². The van der Waals surface area contributed by atoms with Gasteiger partial charge < -0.3 is 14.8 Å². The summed E-state index contributed by atoms with van der Waals surface area (Å²) in [4.78, 5) is 32.6. The SMILES string of the molecule is CCN(CCNC(=O)c1sc2ncn(C)c(=O)c2c1C)c1ccccc1C. The highest BCUT2D eigenvalue weighted by molar-refractivity contribution is 7.20. The minimum Gasteiger partial charge on any atom is -0.370 e. The number of carbonyl (C=O) groups is 1. The highest BCUT2D eigenvalue weighted by Gasteiger charge is 2.19. The van der Waals surface area contributed by atoms with Crippen LogP contribution in [0.3, 0.4) is 0 Å². The summed E-state index contributed by atoms with van der Waals surface area (Å²) < 4.78 is 1.44. The fourth-order valence-corrected chi connectivity index (χ4v) is 4.23. The van der Waals surface area contributed by atoms with Crippen molar-refractivity contribution in [3.63, 3.8) is 0 Å². The average molecular weight is 385 g/mol. The van der Waals surface area contributed by atoms with E-state index in [0.717, 1.165) is 13.1 Å². The number of hydrogen-bond donors (Lipinski definition) is 1. The zero-order valence-corrected chi connectivity index (χ0v) is 16.9. The molecule has 27 heavy (non-hydrogen) atoms. The number of hydrogen-bond acceptors (Lipinski definition) is 5. The van der Waals surface area contributed by atoms with Crippen molar-refractivity contribution >= 4 is 33.1 Å². The van der Waals surface area contributed by atoms with E-state index in [4.69, 9.17) is 0 Å². The number of anilines is 1. The Labute approximate surface area is 162 Å². The Morgan fingerprint density at radius 3 is 2.74 bits per heavy atom. The normalized spacial score (nSPS) is 11.0. The minimum atomic E-state index is -0.154. The van der Waals surface area contributed by atoms with Gasteiger partial charge in [-0.05, 0) is 38.0 Å². The predicted octanol–water partition coefficient (Wildman–Crippen LogP) is 2.87. The smallest absolute Gasteiger partial charge is 0.262 e. The van der Waals surface area contributed by atoms with Gasteiger partial charge in [0.2, 0.25) is 0 Å². The maximum Gasteiger partial charge on any atom is 0.262 e. The third-order valence-corrected chi connectivity index (χ3v) is 5.92. The van der Waals surface area contributed by atoms with Gasteiger partial charge in [-0.1, -0.05) is 18.2 Å². The van der Waals surface area contributed by atoms with E-state index in [1.807, 2.05) is 19.1 Å². The van der Waals surface area contributed by atoms with Crippen molar-refractivity contribution in [3.05, 3.63) is 57.0 Å². The Morgan fingerprint density at radius 2 is 2.04 bits per heavy atom. The number of thiophene rings is 1. The molecule has 3 rings (SSSR count). The summed E-state index contributed by atoms with van der Waals surface area (Å²) in [6.07, 6.45) is 1.49. The summed E-state index contributed by atoms with van der Waals surface area (Å²) in [7, 11) is 1.66. The Balaban J connectivity index is 1.72. The van der Waals surface area contributed by atoms with Gasteiger partial charge in [0.1, 0.15) is 4.83 Å². The molecular formula is C20H24N4O2S. The molecule has 0 unspecified atom stereocenters. The number of likely N-dealkylation sites (N-methyl/N-ethyl adjacent to an activating group) is 1. The molecule has 2 aromatic heterocycles. The quantitative estimate of drug-likeness (QED) is 0.710. The fourth-order valence-electron chi connectivity index (χ4n) is 3.18. The lowest BCUT2D eigenvalue weighted by Gasteiger charge is -2.25. The lowest BCUT2D eigenvalue weighted by Crippen LogP contribution is -2.35. The first-order valence-electron chi connectivity index (χ1n) is 8.97. The molecule has 6 nitrogen and oxygen atoms in total. The number of fused-ring (bicyclic) bond motifs is 1. The van der Waals surface area contributed by atoms with Gasteiger partial charge in [-0.2, -0.15) is 0 Å². The largest absolute Gasteiger partial charge is 0.370 e. The molecule has 142 valence electrons. The van der Waals surface area contributed by atoms with Crippen LogP contribution < -0.4 is 15.8 Å². The average Bonchev–Trinajstić information content (AvgIpc) is 3.00. The molecule has 2 heterocycles. The van der Waals surface area contributed by atoms with Crippen LogP contribution in [0, 0.1) is 13.8 Å². The number of benzene rings is 1. The van der Waals surface area contributed by atoms with E-state index in [1.165, 1.54) is 33.5 Å². The topological polar surface area (TPSA) is 67.2 Å². The molecule has 0 saturated heterocycles. The van der Waals surface area contributed by atoms with Crippen LogP contribution in [0.1, 0.15) is 27.7 Å². The standard InChI is InChI=1S/C20H24N4O2S/c1-5-24(15-9-7-6-8-13(15)2)11-10-21-18(25)17-14(3)16-19(27-17)22-12-23(4)20(16)26/h6-9,12H,5,10-11H2,1-4H3,(H,21,25). The first kappa shape index (κ1) is 19.1. The molecule has 0 saturated carbocycles. The van der Waals surface area contributed by atoms with Crippen molar-refractivity contribution in [3.8, 4) is 0 Å². The zero-order chi connectivity index (χ0) is 19.6. The van der Waals surface area contributed by atoms with Crippen molar-refractivity contribution in [1.82, 2.24) is 14.9 Å². The Hall–Kier alpha value is -2.67. The van der Waals surface area contributed by atoms with E-state index in [9.17, 15) is 9.59 Å². The molecule has 0 aliphatic heterocycles. The number of amides is 1. The minimum absolute atomic E-state index is 0.121. The van der Waals surface area contributed by atoms with Gasteiger partial charge in [-0.15, -0.1) is 11.3 Å². The van der Waals surface area contributed by atoms with Gasteiger partial charge in [0, 0.05) is 32.4 Å². The second-order valence-corrected chi connectivity index (χ2v) is 7.52. The number of carbonyl (C=O) groups excluding carboxylic acids is 1. The van der Waals surface area contributed by atoms with E-state index in [1.54, 1.807) is 7.05 Å². The van der Waals surface area contributed by atoms with Crippen LogP contribution in [0.4, 0.5) is 5.69 Å². The van der Waals surface area contributed by atoms with E-state index < -0.39 is 0 Å². The number of nitrogens with one attached hydrogen (secondary N) is 1. The molecule has 1 aromatic carbocycles. The number of nitrogens with zero attached hydrogens (tertiary/aromatic N) is 3. The molecule has 0 aliphatic rings. The summed E-state index contributed by atoms with van der Waals surface area (Å²) in [5, 5.41) is 3.51. The third kappa shape index (κ3) is 3.73. The first-order chi connectivity index (χ1) is 12.9. The summed E-state index contributed by atoms with van der Waals surface area (Å²) in [6.45, 7) is 8.11. The van der Waals surface area contributed by atoms with Crippen LogP contribution in [0.25, 0.3) is 10.2 Å². The fraction of sp³-hybridized carbons (Fsp3) is 0.350. The summed E-state index contributed by atoms with van der Waals surface area (Å²) in [5.41, 5.74) is 2.98.